The molecule has 0 aromatic heterocycles. The lowest BCUT2D eigenvalue weighted by atomic mass is 9.82. The Bertz CT molecular complexity index is 268. The van der Waals surface area contributed by atoms with Crippen LogP contribution in [0.4, 0.5) is 0 Å². The minimum atomic E-state index is 0.342. The normalized spacial score (nSPS) is 41.5. The van der Waals surface area contributed by atoms with Crippen molar-refractivity contribution >= 4 is 5.78 Å². The highest BCUT2D eigenvalue weighted by molar-refractivity contribution is 5.85. The van der Waals surface area contributed by atoms with E-state index >= 15 is 0 Å². The second-order valence-corrected chi connectivity index (χ2v) is 6.05. The predicted octanol–water partition coefficient (Wildman–Crippen LogP) is 2.42. The van der Waals surface area contributed by atoms with E-state index in [0.29, 0.717) is 29.0 Å². The first-order valence-corrected chi connectivity index (χ1v) is 6.30. The van der Waals surface area contributed by atoms with Crippen molar-refractivity contribution in [3.63, 3.8) is 0 Å². The molecule has 2 aliphatic carbocycles. The van der Waals surface area contributed by atoms with Crippen LogP contribution in [0.5, 0.6) is 0 Å². The van der Waals surface area contributed by atoms with Crippen LogP contribution in [0.1, 0.15) is 39.0 Å². The van der Waals surface area contributed by atoms with Gasteiger partial charge in [-0.3, -0.25) is 4.79 Å². The summed E-state index contributed by atoms with van der Waals surface area (Å²) in [5, 5.41) is 0. The molecule has 3 fully saturated rings. The molecule has 0 N–H and O–H groups in total. The van der Waals surface area contributed by atoms with E-state index in [1.165, 1.54) is 25.7 Å². The van der Waals surface area contributed by atoms with Gasteiger partial charge < -0.3 is 4.74 Å². The molecule has 1 saturated heterocycles. The lowest BCUT2D eigenvalue weighted by molar-refractivity contribution is -0.123. The molecule has 0 radical (unpaired) electrons. The molecule has 0 aromatic carbocycles. The Morgan fingerprint density at radius 2 is 1.87 bits per heavy atom. The summed E-state index contributed by atoms with van der Waals surface area (Å²) in [6, 6.07) is 0. The fourth-order valence-corrected chi connectivity index (χ4v) is 3.66. The summed E-state index contributed by atoms with van der Waals surface area (Å²) in [6.45, 7) is 3.99. The highest BCUT2D eigenvalue weighted by Gasteiger charge is 2.58. The third-order valence-corrected chi connectivity index (χ3v) is 4.74. The zero-order valence-electron chi connectivity index (χ0n) is 9.50. The lowest BCUT2D eigenvalue weighted by Gasteiger charge is -2.22. The molecule has 84 valence electrons. The topological polar surface area (TPSA) is 26.3 Å². The number of ketones is 1. The minimum Gasteiger partial charge on any atom is -0.381 e. The van der Waals surface area contributed by atoms with E-state index in [1.807, 2.05) is 0 Å². The van der Waals surface area contributed by atoms with Crippen molar-refractivity contribution in [2.45, 2.75) is 39.0 Å². The molecule has 2 heteroatoms. The van der Waals surface area contributed by atoms with Crippen molar-refractivity contribution in [1.82, 2.24) is 0 Å². The van der Waals surface area contributed by atoms with Gasteiger partial charge in [-0.1, -0.05) is 19.8 Å². The van der Waals surface area contributed by atoms with Gasteiger partial charge in [0, 0.05) is 12.3 Å². The lowest BCUT2D eigenvalue weighted by Crippen LogP contribution is -2.20. The van der Waals surface area contributed by atoms with Crippen molar-refractivity contribution in [3.05, 3.63) is 0 Å². The van der Waals surface area contributed by atoms with E-state index < -0.39 is 0 Å². The van der Waals surface area contributed by atoms with Crippen LogP contribution in [-0.2, 0) is 9.53 Å². The van der Waals surface area contributed by atoms with Crippen molar-refractivity contribution in [2.75, 3.05) is 13.2 Å². The summed E-state index contributed by atoms with van der Waals surface area (Å²) in [4.78, 5) is 12.1. The van der Waals surface area contributed by atoms with Crippen molar-refractivity contribution < 1.29 is 9.53 Å². The van der Waals surface area contributed by atoms with Crippen LogP contribution >= 0.6 is 0 Å². The minimum absolute atomic E-state index is 0.342. The fourth-order valence-electron chi connectivity index (χ4n) is 3.66. The molecule has 1 heterocycles. The summed E-state index contributed by atoms with van der Waals surface area (Å²) in [6.07, 6.45) is 6.01. The molecule has 15 heavy (non-hydrogen) atoms. The van der Waals surface area contributed by atoms with E-state index in [-0.39, 0.29) is 0 Å². The average molecular weight is 208 g/mol. The number of carbonyl (C=O) groups is 1. The molecule has 1 aliphatic heterocycles. The Morgan fingerprint density at radius 1 is 1.27 bits per heavy atom. The van der Waals surface area contributed by atoms with Gasteiger partial charge in [0.25, 0.3) is 0 Å². The Kier molecular flexibility index (Phi) is 2.17. The highest BCUT2D eigenvalue weighted by atomic mass is 16.5. The number of rotatable bonds is 3. The SMILES string of the molecule is CC1(CC(=O)C2C3COCC32)CCCC1. The Hall–Kier alpha value is -0.370. The van der Waals surface area contributed by atoms with Gasteiger partial charge in [-0.2, -0.15) is 0 Å². The molecule has 2 nitrogen and oxygen atoms in total. The number of fused-ring (bicyclic) bond motifs is 1. The summed E-state index contributed by atoms with van der Waals surface area (Å²) >= 11 is 0. The van der Waals surface area contributed by atoms with Crippen LogP contribution in [0, 0.1) is 23.2 Å². The summed E-state index contributed by atoms with van der Waals surface area (Å²) in [5.41, 5.74) is 0.342. The number of Topliss-reactive ketones (excluding diaryl/α,β-unsaturated/α-hetero) is 1. The number of ether oxygens (including phenoxy) is 1. The van der Waals surface area contributed by atoms with Crippen molar-refractivity contribution in [3.8, 4) is 0 Å². The van der Waals surface area contributed by atoms with Crippen molar-refractivity contribution in [1.29, 1.82) is 0 Å². The van der Waals surface area contributed by atoms with E-state index in [9.17, 15) is 4.79 Å². The van der Waals surface area contributed by atoms with Gasteiger partial charge >= 0.3 is 0 Å². The molecule has 2 atom stereocenters. The van der Waals surface area contributed by atoms with Crippen LogP contribution < -0.4 is 0 Å². The van der Waals surface area contributed by atoms with Gasteiger partial charge in [-0.05, 0) is 30.1 Å². The molecule has 0 bridgehead atoms. The zero-order valence-corrected chi connectivity index (χ0v) is 9.50. The predicted molar refractivity (Wildman–Crippen MR) is 57.5 cm³/mol. The van der Waals surface area contributed by atoms with Gasteiger partial charge in [0.1, 0.15) is 5.78 Å². The van der Waals surface area contributed by atoms with Crippen LogP contribution in [0.3, 0.4) is 0 Å². The summed E-state index contributed by atoms with van der Waals surface area (Å²) < 4.78 is 5.33. The molecule has 0 spiro atoms. The van der Waals surface area contributed by atoms with Crippen molar-refractivity contribution in [2.24, 2.45) is 23.2 Å². The molecule has 2 saturated carbocycles. The second kappa shape index (κ2) is 3.31. The first-order chi connectivity index (χ1) is 7.20. The standard InChI is InChI=1S/C13H20O2/c1-13(4-2-3-5-13)6-11(14)12-9-7-15-8-10(9)12/h9-10,12H,2-8H2,1H3. The average Bonchev–Trinajstić information content (AvgIpc) is 2.60. The third-order valence-electron chi connectivity index (χ3n) is 4.74. The number of hydrogen-bond donors (Lipinski definition) is 0. The molecular weight excluding hydrogens is 188 g/mol. The third kappa shape index (κ3) is 1.63. The Balaban J connectivity index is 1.58. The maximum absolute atomic E-state index is 12.1. The van der Waals surface area contributed by atoms with E-state index in [4.69, 9.17) is 4.74 Å². The second-order valence-electron chi connectivity index (χ2n) is 6.05. The molecule has 3 rings (SSSR count). The van der Waals surface area contributed by atoms with Gasteiger partial charge in [0.15, 0.2) is 0 Å². The quantitative estimate of drug-likeness (QED) is 0.712. The van der Waals surface area contributed by atoms with Crippen LogP contribution in [0.15, 0.2) is 0 Å². The van der Waals surface area contributed by atoms with E-state index in [2.05, 4.69) is 6.92 Å². The molecule has 0 aromatic rings. The van der Waals surface area contributed by atoms with Gasteiger partial charge in [0.2, 0.25) is 0 Å². The maximum Gasteiger partial charge on any atom is 0.137 e. The monoisotopic (exact) mass is 208 g/mol. The largest absolute Gasteiger partial charge is 0.381 e. The smallest absolute Gasteiger partial charge is 0.137 e. The highest BCUT2D eigenvalue weighted by Crippen LogP contribution is 2.53. The Morgan fingerprint density at radius 3 is 2.47 bits per heavy atom. The molecule has 3 aliphatic rings. The summed E-state index contributed by atoms with van der Waals surface area (Å²) in [7, 11) is 0. The van der Waals surface area contributed by atoms with Crippen LogP contribution in [-0.4, -0.2) is 19.0 Å². The molecule has 2 unspecified atom stereocenters. The molecular formula is C13H20O2. The van der Waals surface area contributed by atoms with Crippen LogP contribution in [0.2, 0.25) is 0 Å². The van der Waals surface area contributed by atoms with Crippen LogP contribution in [0.25, 0.3) is 0 Å². The first-order valence-electron chi connectivity index (χ1n) is 6.30. The molecule has 0 amide bonds. The Labute approximate surface area is 91.4 Å². The van der Waals surface area contributed by atoms with Gasteiger partial charge in [-0.25, -0.2) is 0 Å². The van der Waals surface area contributed by atoms with Gasteiger partial charge in [0.05, 0.1) is 13.2 Å². The fraction of sp³-hybridized carbons (Fsp3) is 0.923. The summed E-state index contributed by atoms with van der Waals surface area (Å²) in [5.74, 6) is 2.12. The van der Waals surface area contributed by atoms with E-state index in [0.717, 1.165) is 19.6 Å². The van der Waals surface area contributed by atoms with E-state index in [1.54, 1.807) is 0 Å². The first kappa shape index (κ1) is 9.83. The zero-order chi connectivity index (χ0) is 10.5. The maximum atomic E-state index is 12.1. The van der Waals surface area contributed by atoms with Gasteiger partial charge in [-0.15, -0.1) is 0 Å². The number of carbonyl (C=O) groups excluding carboxylic acids is 1. The number of hydrogen-bond acceptors (Lipinski definition) is 2.